The number of rotatable bonds is 4. The number of hydrogen-bond acceptors (Lipinski definition) is 3. The van der Waals surface area contributed by atoms with E-state index in [9.17, 15) is 4.79 Å². The van der Waals surface area contributed by atoms with Crippen LogP contribution in [0.3, 0.4) is 0 Å². The van der Waals surface area contributed by atoms with E-state index >= 15 is 0 Å². The number of hydrogen-bond donors (Lipinski definition) is 0. The molecule has 0 saturated carbocycles. The van der Waals surface area contributed by atoms with Gasteiger partial charge in [0, 0.05) is 10.1 Å². The van der Waals surface area contributed by atoms with Gasteiger partial charge in [-0.25, -0.2) is 4.79 Å². The van der Waals surface area contributed by atoms with Crippen LogP contribution in [0.15, 0.2) is 23.1 Å². The quantitative estimate of drug-likeness (QED) is 0.591. The molecule has 16 heavy (non-hydrogen) atoms. The van der Waals surface area contributed by atoms with Crippen LogP contribution in [0, 0.1) is 6.92 Å². The van der Waals surface area contributed by atoms with Crippen LogP contribution in [0.4, 0.5) is 0 Å². The summed E-state index contributed by atoms with van der Waals surface area (Å²) in [5.41, 5.74) is 1.84. The average molecular weight is 238 g/mol. The Labute approximate surface area is 101 Å². The van der Waals surface area contributed by atoms with E-state index in [0.717, 1.165) is 4.90 Å². The second-order valence-electron chi connectivity index (χ2n) is 3.87. The summed E-state index contributed by atoms with van der Waals surface area (Å²) < 4.78 is 4.98. The molecule has 0 amide bonds. The first kappa shape index (κ1) is 13.1. The highest BCUT2D eigenvalue weighted by Crippen LogP contribution is 2.27. The van der Waals surface area contributed by atoms with Crippen LogP contribution in [-0.2, 0) is 4.74 Å². The lowest BCUT2D eigenvalue weighted by molar-refractivity contribution is 0.0526. The van der Waals surface area contributed by atoms with Crippen LogP contribution in [0.2, 0.25) is 0 Å². The van der Waals surface area contributed by atoms with E-state index in [1.54, 1.807) is 11.8 Å². The molecule has 0 heterocycles. The second-order valence-corrected chi connectivity index (χ2v) is 5.49. The minimum Gasteiger partial charge on any atom is -0.462 e. The molecular formula is C13H18O2S. The van der Waals surface area contributed by atoms with Gasteiger partial charge < -0.3 is 4.74 Å². The summed E-state index contributed by atoms with van der Waals surface area (Å²) in [6, 6.07) is 5.70. The maximum absolute atomic E-state index is 11.6. The smallest absolute Gasteiger partial charge is 0.338 e. The standard InChI is InChI=1S/C13H18O2S/c1-5-15-13(14)11-7-6-10(4)12(8-11)16-9(2)3/h6-9H,5H2,1-4H3. The molecule has 88 valence electrons. The molecule has 0 aliphatic carbocycles. The van der Waals surface area contributed by atoms with Crippen LogP contribution in [-0.4, -0.2) is 17.8 Å². The molecule has 0 fully saturated rings. The number of thioether (sulfide) groups is 1. The molecule has 1 aromatic carbocycles. The van der Waals surface area contributed by atoms with Gasteiger partial charge in [-0.1, -0.05) is 19.9 Å². The van der Waals surface area contributed by atoms with Gasteiger partial charge in [0.25, 0.3) is 0 Å². The van der Waals surface area contributed by atoms with E-state index in [-0.39, 0.29) is 5.97 Å². The van der Waals surface area contributed by atoms with Crippen LogP contribution in [0.25, 0.3) is 0 Å². The molecule has 0 unspecified atom stereocenters. The van der Waals surface area contributed by atoms with E-state index in [2.05, 4.69) is 20.8 Å². The van der Waals surface area contributed by atoms with Gasteiger partial charge in [0.1, 0.15) is 0 Å². The van der Waals surface area contributed by atoms with Crippen molar-refractivity contribution in [2.45, 2.75) is 37.8 Å². The summed E-state index contributed by atoms with van der Waals surface area (Å²) in [7, 11) is 0. The molecule has 0 radical (unpaired) electrons. The maximum atomic E-state index is 11.6. The number of aryl methyl sites for hydroxylation is 1. The fourth-order valence-electron chi connectivity index (χ4n) is 1.32. The molecule has 0 aromatic heterocycles. The molecule has 1 rings (SSSR count). The van der Waals surface area contributed by atoms with Gasteiger partial charge >= 0.3 is 5.97 Å². The van der Waals surface area contributed by atoms with Crippen LogP contribution in [0.1, 0.15) is 36.7 Å². The first-order valence-corrected chi connectivity index (χ1v) is 6.37. The summed E-state index contributed by atoms with van der Waals surface area (Å²) in [5.74, 6) is -0.242. The molecule has 0 spiro atoms. The summed E-state index contributed by atoms with van der Waals surface area (Å²) in [6.45, 7) is 8.57. The molecule has 0 aliphatic heterocycles. The molecule has 2 nitrogen and oxygen atoms in total. The fourth-order valence-corrected chi connectivity index (χ4v) is 2.28. The van der Waals surface area contributed by atoms with Crippen molar-refractivity contribution in [3.8, 4) is 0 Å². The predicted molar refractivity (Wildman–Crippen MR) is 68.1 cm³/mol. The summed E-state index contributed by atoms with van der Waals surface area (Å²) >= 11 is 1.77. The topological polar surface area (TPSA) is 26.3 Å². The van der Waals surface area contributed by atoms with Gasteiger partial charge in [-0.3, -0.25) is 0 Å². The lowest BCUT2D eigenvalue weighted by atomic mass is 10.1. The summed E-state index contributed by atoms with van der Waals surface area (Å²) in [5, 5.41) is 0.510. The molecule has 0 aliphatic rings. The van der Waals surface area contributed by atoms with Crippen molar-refractivity contribution in [3.05, 3.63) is 29.3 Å². The van der Waals surface area contributed by atoms with Crippen LogP contribution in [0.5, 0.6) is 0 Å². The molecule has 0 saturated heterocycles. The minimum atomic E-state index is -0.242. The number of benzene rings is 1. The first-order chi connectivity index (χ1) is 7.54. The van der Waals surface area contributed by atoms with Crippen molar-refractivity contribution in [1.82, 2.24) is 0 Å². The largest absolute Gasteiger partial charge is 0.462 e. The van der Waals surface area contributed by atoms with Gasteiger partial charge in [0.2, 0.25) is 0 Å². The van der Waals surface area contributed by atoms with Gasteiger partial charge in [-0.05, 0) is 31.5 Å². The first-order valence-electron chi connectivity index (χ1n) is 5.49. The fraction of sp³-hybridized carbons (Fsp3) is 0.462. The van der Waals surface area contributed by atoms with E-state index in [1.807, 2.05) is 25.1 Å². The Kier molecular flexibility index (Phi) is 4.87. The summed E-state index contributed by atoms with van der Waals surface area (Å²) in [4.78, 5) is 12.7. The molecular weight excluding hydrogens is 220 g/mol. The molecule has 3 heteroatoms. The Hall–Kier alpha value is -0.960. The zero-order valence-electron chi connectivity index (χ0n) is 10.2. The third-order valence-corrected chi connectivity index (χ3v) is 3.23. The highest BCUT2D eigenvalue weighted by atomic mass is 32.2. The van der Waals surface area contributed by atoms with E-state index < -0.39 is 0 Å². The maximum Gasteiger partial charge on any atom is 0.338 e. The molecule has 0 atom stereocenters. The lowest BCUT2D eigenvalue weighted by Gasteiger charge is -2.10. The Balaban J connectivity index is 2.93. The van der Waals surface area contributed by atoms with Crippen LogP contribution < -0.4 is 0 Å². The van der Waals surface area contributed by atoms with Crippen molar-refractivity contribution >= 4 is 17.7 Å². The summed E-state index contributed by atoms with van der Waals surface area (Å²) in [6.07, 6.45) is 0. The molecule has 0 bridgehead atoms. The molecule has 0 N–H and O–H groups in total. The van der Waals surface area contributed by atoms with E-state index in [4.69, 9.17) is 4.74 Å². The predicted octanol–water partition coefficient (Wildman–Crippen LogP) is 3.67. The zero-order valence-corrected chi connectivity index (χ0v) is 11.1. The monoisotopic (exact) mass is 238 g/mol. The molecule has 1 aromatic rings. The van der Waals surface area contributed by atoms with Gasteiger partial charge in [0.15, 0.2) is 0 Å². The number of ether oxygens (including phenoxy) is 1. The number of carbonyl (C=O) groups excluding carboxylic acids is 1. The van der Waals surface area contributed by atoms with Crippen molar-refractivity contribution in [1.29, 1.82) is 0 Å². The Bertz CT molecular complexity index is 372. The zero-order chi connectivity index (χ0) is 12.1. The van der Waals surface area contributed by atoms with Crippen molar-refractivity contribution < 1.29 is 9.53 Å². The second kappa shape index (κ2) is 5.94. The third kappa shape index (κ3) is 3.56. The average Bonchev–Trinajstić information content (AvgIpc) is 2.21. The lowest BCUT2D eigenvalue weighted by Crippen LogP contribution is -2.05. The van der Waals surface area contributed by atoms with Crippen molar-refractivity contribution in [2.24, 2.45) is 0 Å². The Morgan fingerprint density at radius 2 is 2.12 bits per heavy atom. The van der Waals surface area contributed by atoms with Crippen molar-refractivity contribution in [3.63, 3.8) is 0 Å². The van der Waals surface area contributed by atoms with E-state index in [1.165, 1.54) is 5.56 Å². The third-order valence-electron chi connectivity index (χ3n) is 2.06. The van der Waals surface area contributed by atoms with Crippen molar-refractivity contribution in [2.75, 3.05) is 6.61 Å². The highest BCUT2D eigenvalue weighted by Gasteiger charge is 2.09. The normalized spacial score (nSPS) is 10.6. The minimum absolute atomic E-state index is 0.242. The number of carbonyl (C=O) groups is 1. The van der Waals surface area contributed by atoms with Crippen LogP contribution >= 0.6 is 11.8 Å². The SMILES string of the molecule is CCOC(=O)c1ccc(C)c(SC(C)C)c1. The Morgan fingerprint density at radius 3 is 2.69 bits per heavy atom. The Morgan fingerprint density at radius 1 is 1.44 bits per heavy atom. The number of esters is 1. The van der Waals surface area contributed by atoms with Gasteiger partial charge in [-0.2, -0.15) is 0 Å². The van der Waals surface area contributed by atoms with Gasteiger partial charge in [-0.15, -0.1) is 11.8 Å². The van der Waals surface area contributed by atoms with E-state index in [0.29, 0.717) is 17.4 Å². The highest BCUT2D eigenvalue weighted by molar-refractivity contribution is 8.00. The van der Waals surface area contributed by atoms with Gasteiger partial charge in [0.05, 0.1) is 12.2 Å².